The second-order valence-corrected chi connectivity index (χ2v) is 4.59. The summed E-state index contributed by atoms with van der Waals surface area (Å²) in [6, 6.07) is 1.72. The summed E-state index contributed by atoms with van der Waals surface area (Å²) in [5.41, 5.74) is 0. The first-order valence-electron chi connectivity index (χ1n) is 5.89. The van der Waals surface area contributed by atoms with Crippen LogP contribution in [0, 0.1) is 5.92 Å². The molecule has 1 heterocycles. The van der Waals surface area contributed by atoms with E-state index in [2.05, 4.69) is 15.3 Å². The summed E-state index contributed by atoms with van der Waals surface area (Å²) in [6.45, 7) is 8.04. The van der Waals surface area contributed by atoms with E-state index >= 15 is 0 Å². The van der Waals surface area contributed by atoms with Gasteiger partial charge in [0.25, 0.3) is 0 Å². The topological polar surface area (TPSA) is 67.3 Å². The maximum atomic E-state index is 9.24. The van der Waals surface area contributed by atoms with Gasteiger partial charge in [-0.05, 0) is 19.8 Å². The Labute approximate surface area is 102 Å². The third-order valence-corrected chi connectivity index (χ3v) is 2.33. The predicted octanol–water partition coefficient (Wildman–Crippen LogP) is 1.69. The second kappa shape index (κ2) is 6.39. The third kappa shape index (κ3) is 4.56. The molecule has 0 aliphatic carbocycles. The number of rotatable bonds is 6. The highest BCUT2D eigenvalue weighted by atomic mass is 16.5. The molecule has 1 rings (SSSR count). The summed E-state index contributed by atoms with van der Waals surface area (Å²) < 4.78 is 5.48. The molecule has 0 aliphatic heterocycles. The monoisotopic (exact) mass is 239 g/mol. The van der Waals surface area contributed by atoms with E-state index in [0.717, 1.165) is 0 Å². The molecule has 5 nitrogen and oxygen atoms in total. The van der Waals surface area contributed by atoms with E-state index < -0.39 is 0 Å². The molecule has 5 heteroatoms. The summed E-state index contributed by atoms with van der Waals surface area (Å²) in [4.78, 5) is 8.13. The highest BCUT2D eigenvalue weighted by Gasteiger charge is 2.12. The molecule has 0 fully saturated rings. The van der Waals surface area contributed by atoms with Crippen molar-refractivity contribution < 1.29 is 9.84 Å². The smallest absolute Gasteiger partial charge is 0.218 e. The molecular weight excluding hydrogens is 218 g/mol. The van der Waals surface area contributed by atoms with Gasteiger partial charge in [-0.15, -0.1) is 0 Å². The van der Waals surface area contributed by atoms with Crippen LogP contribution < -0.4 is 10.1 Å². The second-order valence-electron chi connectivity index (χ2n) is 4.59. The molecule has 96 valence electrons. The number of ether oxygens (including phenoxy) is 1. The fourth-order valence-electron chi connectivity index (χ4n) is 1.34. The summed E-state index contributed by atoms with van der Waals surface area (Å²) >= 11 is 0. The van der Waals surface area contributed by atoms with Crippen LogP contribution in [0.15, 0.2) is 12.4 Å². The minimum absolute atomic E-state index is 0.0169. The molecule has 1 aromatic rings. The number of anilines is 1. The molecule has 1 aromatic heterocycles. The minimum Gasteiger partial charge on any atom is -0.475 e. The third-order valence-electron chi connectivity index (χ3n) is 2.33. The summed E-state index contributed by atoms with van der Waals surface area (Å²) in [5.74, 6) is 1.53. The van der Waals surface area contributed by atoms with Crippen molar-refractivity contribution in [2.75, 3.05) is 11.9 Å². The van der Waals surface area contributed by atoms with Gasteiger partial charge in [-0.2, -0.15) is 0 Å². The van der Waals surface area contributed by atoms with Crippen molar-refractivity contribution in [1.82, 2.24) is 9.97 Å². The Hall–Kier alpha value is -1.36. The molecule has 17 heavy (non-hydrogen) atoms. The molecular formula is C12H21N3O2. The van der Waals surface area contributed by atoms with Gasteiger partial charge in [0.15, 0.2) is 0 Å². The molecule has 0 radical (unpaired) electrons. The fourth-order valence-corrected chi connectivity index (χ4v) is 1.34. The van der Waals surface area contributed by atoms with Crippen molar-refractivity contribution in [2.45, 2.75) is 39.8 Å². The van der Waals surface area contributed by atoms with Gasteiger partial charge in [0.2, 0.25) is 5.88 Å². The highest BCUT2D eigenvalue weighted by molar-refractivity contribution is 5.38. The minimum atomic E-state index is -0.0169. The quantitative estimate of drug-likeness (QED) is 0.790. The summed E-state index contributed by atoms with van der Waals surface area (Å²) in [5, 5.41) is 12.4. The van der Waals surface area contributed by atoms with Crippen molar-refractivity contribution in [3.63, 3.8) is 0 Å². The van der Waals surface area contributed by atoms with E-state index in [-0.39, 0.29) is 18.8 Å². The van der Waals surface area contributed by atoms with Crippen LogP contribution in [0.3, 0.4) is 0 Å². The van der Waals surface area contributed by atoms with Crippen molar-refractivity contribution in [1.29, 1.82) is 0 Å². The van der Waals surface area contributed by atoms with Gasteiger partial charge in [0.1, 0.15) is 12.1 Å². The largest absolute Gasteiger partial charge is 0.475 e. The van der Waals surface area contributed by atoms with Crippen molar-refractivity contribution in [3.8, 4) is 5.88 Å². The molecule has 0 saturated carbocycles. The van der Waals surface area contributed by atoms with Crippen molar-refractivity contribution >= 4 is 5.82 Å². The normalized spacial score (nSPS) is 12.9. The molecule has 0 bridgehead atoms. The zero-order valence-corrected chi connectivity index (χ0v) is 10.8. The number of aromatic nitrogens is 2. The SMILES string of the molecule is CC(C)Oc1cc(N[C@H](CO)C(C)C)ncn1. The molecule has 0 unspecified atom stereocenters. The number of aliphatic hydroxyl groups excluding tert-OH is 1. The van der Waals surface area contributed by atoms with E-state index in [1.807, 2.05) is 27.7 Å². The van der Waals surface area contributed by atoms with Crippen LogP contribution in [0.1, 0.15) is 27.7 Å². The number of hydrogen-bond donors (Lipinski definition) is 2. The van der Waals surface area contributed by atoms with Crippen molar-refractivity contribution in [2.24, 2.45) is 5.92 Å². The van der Waals surface area contributed by atoms with Crippen LogP contribution >= 0.6 is 0 Å². The maximum Gasteiger partial charge on any atom is 0.218 e. The van der Waals surface area contributed by atoms with E-state index in [9.17, 15) is 5.11 Å². The number of hydrogen-bond acceptors (Lipinski definition) is 5. The van der Waals surface area contributed by atoms with Crippen LogP contribution in [0.4, 0.5) is 5.82 Å². The molecule has 0 spiro atoms. The van der Waals surface area contributed by atoms with Gasteiger partial charge in [0, 0.05) is 6.07 Å². The number of nitrogens with one attached hydrogen (secondary N) is 1. The molecule has 2 N–H and O–H groups in total. The standard InChI is InChI=1S/C12H21N3O2/c1-8(2)10(6-16)15-11-5-12(14-7-13-11)17-9(3)4/h5,7-10,16H,6H2,1-4H3,(H,13,14,15)/t10-/m1/s1. The molecule has 0 aliphatic rings. The zero-order valence-electron chi connectivity index (χ0n) is 10.8. The van der Waals surface area contributed by atoms with Gasteiger partial charge >= 0.3 is 0 Å². The Morgan fingerprint density at radius 3 is 2.53 bits per heavy atom. The van der Waals surface area contributed by atoms with Crippen LogP contribution in [-0.2, 0) is 0 Å². The maximum absolute atomic E-state index is 9.24. The first-order valence-corrected chi connectivity index (χ1v) is 5.89. The zero-order chi connectivity index (χ0) is 12.8. The summed E-state index contributed by atoms with van der Waals surface area (Å²) in [7, 11) is 0. The van der Waals surface area contributed by atoms with Gasteiger partial charge < -0.3 is 15.2 Å². The first-order chi connectivity index (χ1) is 8.02. The fraction of sp³-hybridized carbons (Fsp3) is 0.667. The van der Waals surface area contributed by atoms with E-state index in [4.69, 9.17) is 4.74 Å². The van der Waals surface area contributed by atoms with Gasteiger partial charge in [-0.1, -0.05) is 13.8 Å². The lowest BCUT2D eigenvalue weighted by Crippen LogP contribution is -2.29. The number of nitrogens with zero attached hydrogens (tertiary/aromatic N) is 2. The Bertz CT molecular complexity index is 342. The first kappa shape index (κ1) is 13.7. The lowest BCUT2D eigenvalue weighted by Gasteiger charge is -2.20. The Morgan fingerprint density at radius 1 is 1.29 bits per heavy atom. The van der Waals surface area contributed by atoms with Crippen molar-refractivity contribution in [3.05, 3.63) is 12.4 Å². The average Bonchev–Trinajstić information content (AvgIpc) is 2.25. The molecule has 1 atom stereocenters. The Morgan fingerprint density at radius 2 is 2.00 bits per heavy atom. The molecule has 0 saturated heterocycles. The van der Waals surface area contributed by atoms with E-state index in [1.54, 1.807) is 6.07 Å². The van der Waals surface area contributed by atoms with Gasteiger partial charge in [0.05, 0.1) is 18.8 Å². The summed E-state index contributed by atoms with van der Waals surface area (Å²) in [6.07, 6.45) is 1.53. The molecule has 0 amide bonds. The lowest BCUT2D eigenvalue weighted by molar-refractivity contribution is 0.232. The van der Waals surface area contributed by atoms with Crippen LogP contribution in [0.5, 0.6) is 5.88 Å². The van der Waals surface area contributed by atoms with Crippen LogP contribution in [-0.4, -0.2) is 33.8 Å². The Balaban J connectivity index is 2.70. The molecule has 0 aromatic carbocycles. The van der Waals surface area contributed by atoms with Crippen LogP contribution in [0.25, 0.3) is 0 Å². The van der Waals surface area contributed by atoms with Gasteiger partial charge in [-0.3, -0.25) is 0 Å². The Kier molecular flexibility index (Phi) is 5.15. The lowest BCUT2D eigenvalue weighted by atomic mass is 10.1. The number of aliphatic hydroxyl groups is 1. The highest BCUT2D eigenvalue weighted by Crippen LogP contribution is 2.15. The van der Waals surface area contributed by atoms with Crippen LogP contribution in [0.2, 0.25) is 0 Å². The van der Waals surface area contributed by atoms with Gasteiger partial charge in [-0.25, -0.2) is 9.97 Å². The average molecular weight is 239 g/mol. The van der Waals surface area contributed by atoms with E-state index in [1.165, 1.54) is 6.33 Å². The van der Waals surface area contributed by atoms with E-state index in [0.29, 0.717) is 17.6 Å². The predicted molar refractivity (Wildman–Crippen MR) is 67.1 cm³/mol.